The fraction of sp³-hybridized carbons (Fsp3) is 0.500. The van der Waals surface area contributed by atoms with Crippen LogP contribution in [0.1, 0.15) is 37.6 Å². The Morgan fingerprint density at radius 2 is 1.96 bits per heavy atom. The maximum absolute atomic E-state index is 12.9. The zero-order valence-electron chi connectivity index (χ0n) is 15.3. The third-order valence-electron chi connectivity index (χ3n) is 4.48. The SMILES string of the molecule is CC(C)C[C@@H](C)NC(=O)c1cc(N2CCOCC2)nc2ccccc12. The van der Waals surface area contributed by atoms with Crippen molar-refractivity contribution < 1.29 is 9.53 Å². The van der Waals surface area contributed by atoms with Gasteiger partial charge in [0.05, 0.1) is 24.3 Å². The van der Waals surface area contributed by atoms with Gasteiger partial charge >= 0.3 is 0 Å². The summed E-state index contributed by atoms with van der Waals surface area (Å²) in [7, 11) is 0. The second kappa shape index (κ2) is 7.83. The van der Waals surface area contributed by atoms with Crippen LogP contribution in [0.25, 0.3) is 10.9 Å². The summed E-state index contributed by atoms with van der Waals surface area (Å²) in [6, 6.07) is 9.91. The lowest BCUT2D eigenvalue weighted by Gasteiger charge is -2.28. The molecule has 1 atom stereocenters. The first-order valence-electron chi connectivity index (χ1n) is 9.08. The molecule has 0 spiro atoms. The zero-order chi connectivity index (χ0) is 17.8. The molecule has 0 aliphatic carbocycles. The molecule has 25 heavy (non-hydrogen) atoms. The minimum Gasteiger partial charge on any atom is -0.378 e. The Morgan fingerprint density at radius 1 is 1.24 bits per heavy atom. The summed E-state index contributed by atoms with van der Waals surface area (Å²) in [5.41, 5.74) is 1.55. The van der Waals surface area contributed by atoms with Crippen LogP contribution in [-0.4, -0.2) is 43.2 Å². The van der Waals surface area contributed by atoms with E-state index in [1.54, 1.807) is 0 Å². The standard InChI is InChI=1S/C20H27N3O2/c1-14(2)12-15(3)21-20(24)17-13-19(23-8-10-25-11-9-23)22-18-7-5-4-6-16(17)18/h4-7,13-15H,8-12H2,1-3H3,(H,21,24)/t15-/m1/s1. The van der Waals surface area contributed by atoms with Crippen LogP contribution in [0.15, 0.2) is 30.3 Å². The van der Waals surface area contributed by atoms with Crippen LogP contribution in [-0.2, 0) is 4.74 Å². The molecule has 5 heteroatoms. The quantitative estimate of drug-likeness (QED) is 0.907. The monoisotopic (exact) mass is 341 g/mol. The third kappa shape index (κ3) is 4.28. The molecule has 1 fully saturated rings. The molecular formula is C20H27N3O2. The number of pyridine rings is 1. The lowest BCUT2D eigenvalue weighted by atomic mass is 10.0. The first kappa shape index (κ1) is 17.7. The van der Waals surface area contributed by atoms with E-state index in [1.807, 2.05) is 30.3 Å². The van der Waals surface area contributed by atoms with Gasteiger partial charge in [-0.1, -0.05) is 32.0 Å². The summed E-state index contributed by atoms with van der Waals surface area (Å²) in [6.45, 7) is 9.39. The van der Waals surface area contributed by atoms with E-state index in [1.165, 1.54) is 0 Å². The molecule has 5 nitrogen and oxygen atoms in total. The lowest BCUT2D eigenvalue weighted by molar-refractivity contribution is 0.0937. The van der Waals surface area contributed by atoms with Crippen molar-refractivity contribution in [1.82, 2.24) is 10.3 Å². The molecule has 0 radical (unpaired) electrons. The largest absolute Gasteiger partial charge is 0.378 e. The number of carbonyl (C=O) groups is 1. The molecule has 1 aliphatic rings. The van der Waals surface area contributed by atoms with E-state index < -0.39 is 0 Å². The van der Waals surface area contributed by atoms with Gasteiger partial charge < -0.3 is 15.0 Å². The highest BCUT2D eigenvalue weighted by atomic mass is 16.5. The number of hydrogen-bond acceptors (Lipinski definition) is 4. The van der Waals surface area contributed by atoms with Gasteiger partial charge in [0.25, 0.3) is 5.91 Å². The molecule has 1 aromatic carbocycles. The fourth-order valence-electron chi connectivity index (χ4n) is 3.37. The van der Waals surface area contributed by atoms with Crippen molar-refractivity contribution in [3.8, 4) is 0 Å². The molecule has 1 amide bonds. The topological polar surface area (TPSA) is 54.5 Å². The van der Waals surface area contributed by atoms with Gasteiger partial charge in [0.15, 0.2) is 0 Å². The smallest absolute Gasteiger partial charge is 0.252 e. The van der Waals surface area contributed by atoms with Crippen LogP contribution in [0.2, 0.25) is 0 Å². The first-order valence-corrected chi connectivity index (χ1v) is 9.08. The van der Waals surface area contributed by atoms with Gasteiger partial charge in [-0.2, -0.15) is 0 Å². The Kier molecular flexibility index (Phi) is 5.53. The molecule has 134 valence electrons. The molecule has 1 aliphatic heterocycles. The van der Waals surface area contributed by atoms with Crippen molar-refractivity contribution in [2.75, 3.05) is 31.2 Å². The molecule has 1 aromatic heterocycles. The number of fused-ring (bicyclic) bond motifs is 1. The predicted molar refractivity (Wildman–Crippen MR) is 101 cm³/mol. The van der Waals surface area contributed by atoms with E-state index in [4.69, 9.17) is 9.72 Å². The summed E-state index contributed by atoms with van der Waals surface area (Å²) in [4.78, 5) is 19.8. The van der Waals surface area contributed by atoms with E-state index in [-0.39, 0.29) is 11.9 Å². The normalized spacial score (nSPS) is 16.2. The number of nitrogens with zero attached hydrogens (tertiary/aromatic N) is 2. The summed E-state index contributed by atoms with van der Waals surface area (Å²) < 4.78 is 5.43. The van der Waals surface area contributed by atoms with Crippen molar-refractivity contribution in [3.05, 3.63) is 35.9 Å². The highest BCUT2D eigenvalue weighted by Crippen LogP contribution is 2.24. The van der Waals surface area contributed by atoms with Crippen LogP contribution >= 0.6 is 0 Å². The van der Waals surface area contributed by atoms with Crippen molar-refractivity contribution >= 4 is 22.6 Å². The van der Waals surface area contributed by atoms with Crippen LogP contribution < -0.4 is 10.2 Å². The van der Waals surface area contributed by atoms with Gasteiger partial charge in [0.2, 0.25) is 0 Å². The number of ether oxygens (including phenoxy) is 1. The number of carbonyl (C=O) groups excluding carboxylic acids is 1. The van der Waals surface area contributed by atoms with Gasteiger partial charge in [-0.15, -0.1) is 0 Å². The minimum absolute atomic E-state index is 0.0266. The van der Waals surface area contributed by atoms with Gasteiger partial charge in [-0.3, -0.25) is 4.79 Å². The second-order valence-electron chi connectivity index (χ2n) is 7.15. The van der Waals surface area contributed by atoms with Crippen molar-refractivity contribution in [1.29, 1.82) is 0 Å². The number of para-hydroxylation sites is 1. The van der Waals surface area contributed by atoms with Crippen LogP contribution in [0.3, 0.4) is 0 Å². The highest BCUT2D eigenvalue weighted by molar-refractivity contribution is 6.07. The van der Waals surface area contributed by atoms with Gasteiger partial charge in [0.1, 0.15) is 5.82 Å². The summed E-state index contributed by atoms with van der Waals surface area (Å²) in [6.07, 6.45) is 0.963. The molecule has 1 N–H and O–H groups in total. The second-order valence-corrected chi connectivity index (χ2v) is 7.15. The molecular weight excluding hydrogens is 314 g/mol. The Balaban J connectivity index is 1.93. The fourth-order valence-corrected chi connectivity index (χ4v) is 3.37. The maximum Gasteiger partial charge on any atom is 0.252 e. The van der Waals surface area contributed by atoms with E-state index in [0.717, 1.165) is 36.2 Å². The molecule has 0 unspecified atom stereocenters. The van der Waals surface area contributed by atoms with Crippen LogP contribution in [0, 0.1) is 5.92 Å². The molecule has 0 saturated carbocycles. The molecule has 2 heterocycles. The number of rotatable bonds is 5. The molecule has 0 bridgehead atoms. The molecule has 2 aromatic rings. The maximum atomic E-state index is 12.9. The third-order valence-corrected chi connectivity index (χ3v) is 4.48. The van der Waals surface area contributed by atoms with E-state index in [9.17, 15) is 4.79 Å². The molecule has 3 rings (SSSR count). The van der Waals surface area contributed by atoms with Crippen LogP contribution in [0.4, 0.5) is 5.82 Å². The first-order chi connectivity index (χ1) is 12.0. The van der Waals surface area contributed by atoms with Crippen molar-refractivity contribution in [2.24, 2.45) is 5.92 Å². The Hall–Kier alpha value is -2.14. The minimum atomic E-state index is -0.0266. The average Bonchev–Trinajstić information content (AvgIpc) is 2.60. The number of aromatic nitrogens is 1. The van der Waals surface area contributed by atoms with Crippen LogP contribution in [0.5, 0.6) is 0 Å². The Morgan fingerprint density at radius 3 is 2.68 bits per heavy atom. The number of anilines is 1. The van der Waals surface area contributed by atoms with E-state index >= 15 is 0 Å². The van der Waals surface area contributed by atoms with E-state index in [2.05, 4.69) is 31.0 Å². The Bertz CT molecular complexity index is 739. The number of nitrogens with one attached hydrogen (secondary N) is 1. The van der Waals surface area contributed by atoms with Gasteiger partial charge in [-0.05, 0) is 31.4 Å². The molecule has 1 saturated heterocycles. The van der Waals surface area contributed by atoms with Gasteiger partial charge in [-0.25, -0.2) is 4.98 Å². The summed E-state index contributed by atoms with van der Waals surface area (Å²) in [5, 5.41) is 4.04. The van der Waals surface area contributed by atoms with Gasteiger partial charge in [0, 0.05) is 24.5 Å². The number of amides is 1. The number of benzene rings is 1. The lowest BCUT2D eigenvalue weighted by Crippen LogP contribution is -2.37. The van der Waals surface area contributed by atoms with E-state index in [0.29, 0.717) is 24.7 Å². The summed E-state index contributed by atoms with van der Waals surface area (Å²) >= 11 is 0. The number of morpholine rings is 1. The predicted octanol–water partition coefficient (Wildman–Crippen LogP) is 3.24. The van der Waals surface area contributed by atoms with Crippen molar-refractivity contribution in [2.45, 2.75) is 33.2 Å². The Labute approximate surface area is 149 Å². The summed E-state index contributed by atoms with van der Waals surface area (Å²) in [5.74, 6) is 1.37. The number of hydrogen-bond donors (Lipinski definition) is 1. The zero-order valence-corrected chi connectivity index (χ0v) is 15.3. The highest BCUT2D eigenvalue weighted by Gasteiger charge is 2.19. The average molecular weight is 341 g/mol. The van der Waals surface area contributed by atoms with Crippen molar-refractivity contribution in [3.63, 3.8) is 0 Å².